The van der Waals surface area contributed by atoms with Gasteiger partial charge in [0, 0.05) is 10.0 Å². The van der Waals surface area contributed by atoms with Crippen molar-refractivity contribution in [2.45, 2.75) is 19.4 Å². The third-order valence-electron chi connectivity index (χ3n) is 2.29. The number of esters is 1. The number of carbonyl (C=O) groups is 1. The van der Waals surface area contributed by atoms with Gasteiger partial charge in [0.2, 0.25) is 0 Å². The average molecular weight is 282 g/mol. The Bertz CT molecular complexity index is 466. The number of ether oxygens (including phenoxy) is 1. The molecule has 0 bridgehead atoms. The third kappa shape index (κ3) is 2.16. The van der Waals surface area contributed by atoms with E-state index in [1.807, 2.05) is 38.1 Å². The topological polar surface area (TPSA) is 38.7 Å². The van der Waals surface area contributed by atoms with E-state index in [0.717, 1.165) is 10.0 Å². The van der Waals surface area contributed by atoms with Crippen LogP contribution >= 0.6 is 15.9 Å². The normalized spacial score (nSPS) is 18.9. The summed E-state index contributed by atoms with van der Waals surface area (Å²) in [6.07, 6.45) is 0. The largest absolute Gasteiger partial charge is 0.458 e. The fourth-order valence-corrected chi connectivity index (χ4v) is 1.99. The van der Waals surface area contributed by atoms with Crippen LogP contribution in [0.1, 0.15) is 19.4 Å². The molecule has 0 spiro atoms. The molecule has 0 saturated carbocycles. The van der Waals surface area contributed by atoms with Gasteiger partial charge < -0.3 is 4.74 Å². The van der Waals surface area contributed by atoms with Gasteiger partial charge in [-0.1, -0.05) is 34.1 Å². The summed E-state index contributed by atoms with van der Waals surface area (Å²) >= 11 is 3.41. The van der Waals surface area contributed by atoms with Crippen LogP contribution in [0.25, 0.3) is 0 Å². The van der Waals surface area contributed by atoms with E-state index in [2.05, 4.69) is 20.9 Å². The van der Waals surface area contributed by atoms with Gasteiger partial charge >= 0.3 is 5.97 Å². The van der Waals surface area contributed by atoms with Crippen LogP contribution in [0.3, 0.4) is 0 Å². The Morgan fingerprint density at radius 1 is 1.38 bits per heavy atom. The minimum Gasteiger partial charge on any atom is -0.458 e. The standard InChI is InChI=1S/C12H12BrNO2/c1-12(2)7-16-11(15)10(14-12)8-5-3-4-6-9(8)13/h3-6H,7H2,1-2H3. The van der Waals surface area contributed by atoms with Crippen molar-refractivity contribution >= 4 is 27.6 Å². The average Bonchev–Trinajstić information content (AvgIpc) is 2.23. The minimum absolute atomic E-state index is 0.333. The third-order valence-corrected chi connectivity index (χ3v) is 2.98. The Hall–Kier alpha value is -1.16. The molecule has 4 heteroatoms. The Kier molecular flexibility index (Phi) is 2.84. The first-order valence-corrected chi connectivity index (χ1v) is 5.81. The molecule has 0 aromatic heterocycles. The lowest BCUT2D eigenvalue weighted by Crippen LogP contribution is -2.37. The molecule has 1 heterocycles. The molecule has 0 atom stereocenters. The summed E-state index contributed by atoms with van der Waals surface area (Å²) in [4.78, 5) is 16.1. The van der Waals surface area contributed by atoms with Crippen LogP contribution in [0.5, 0.6) is 0 Å². The quantitative estimate of drug-likeness (QED) is 0.742. The molecule has 0 fully saturated rings. The number of rotatable bonds is 1. The monoisotopic (exact) mass is 281 g/mol. The van der Waals surface area contributed by atoms with Gasteiger partial charge in [-0.05, 0) is 19.9 Å². The number of carbonyl (C=O) groups excluding carboxylic acids is 1. The number of cyclic esters (lactones) is 1. The van der Waals surface area contributed by atoms with Crippen LogP contribution in [-0.4, -0.2) is 23.8 Å². The second kappa shape index (κ2) is 4.01. The second-order valence-electron chi connectivity index (χ2n) is 4.33. The number of benzene rings is 1. The Balaban J connectivity index is 2.51. The van der Waals surface area contributed by atoms with Gasteiger partial charge in [0.05, 0.1) is 5.54 Å². The molecule has 1 aromatic rings. The summed E-state index contributed by atoms with van der Waals surface area (Å²) in [7, 11) is 0. The van der Waals surface area contributed by atoms with E-state index in [4.69, 9.17) is 4.74 Å². The molecule has 0 unspecified atom stereocenters. The van der Waals surface area contributed by atoms with Crippen LogP contribution in [0.4, 0.5) is 0 Å². The van der Waals surface area contributed by atoms with Crippen molar-refractivity contribution in [3.05, 3.63) is 34.3 Å². The van der Waals surface area contributed by atoms with Crippen LogP contribution in [0, 0.1) is 0 Å². The van der Waals surface area contributed by atoms with Crippen LogP contribution in [-0.2, 0) is 9.53 Å². The van der Waals surface area contributed by atoms with Crippen LogP contribution < -0.4 is 0 Å². The highest BCUT2D eigenvalue weighted by molar-refractivity contribution is 9.10. The molecule has 0 saturated heterocycles. The van der Waals surface area contributed by atoms with Crippen molar-refractivity contribution in [1.29, 1.82) is 0 Å². The smallest absolute Gasteiger partial charge is 0.357 e. The van der Waals surface area contributed by atoms with Gasteiger partial charge in [-0.3, -0.25) is 4.99 Å². The summed E-state index contributed by atoms with van der Waals surface area (Å²) < 4.78 is 5.97. The first-order chi connectivity index (χ1) is 7.49. The Labute approximate surface area is 103 Å². The predicted molar refractivity (Wildman–Crippen MR) is 65.7 cm³/mol. The predicted octanol–water partition coefficient (Wildman–Crippen LogP) is 2.57. The van der Waals surface area contributed by atoms with Gasteiger partial charge in [0.1, 0.15) is 6.61 Å². The van der Waals surface area contributed by atoms with E-state index in [1.165, 1.54) is 0 Å². The number of halogens is 1. The fraction of sp³-hybridized carbons (Fsp3) is 0.333. The molecule has 2 rings (SSSR count). The molecule has 3 nitrogen and oxygen atoms in total. The molecule has 1 aliphatic rings. The first-order valence-electron chi connectivity index (χ1n) is 5.01. The summed E-state index contributed by atoms with van der Waals surface area (Å²) in [5.74, 6) is -0.355. The van der Waals surface area contributed by atoms with Gasteiger partial charge in [0.25, 0.3) is 0 Å². The molecular formula is C12H12BrNO2. The highest BCUT2D eigenvalue weighted by atomic mass is 79.9. The fourth-order valence-electron chi connectivity index (χ4n) is 1.51. The zero-order valence-electron chi connectivity index (χ0n) is 9.16. The lowest BCUT2D eigenvalue weighted by atomic mass is 10.0. The Morgan fingerprint density at radius 3 is 2.75 bits per heavy atom. The molecule has 16 heavy (non-hydrogen) atoms. The van der Waals surface area contributed by atoms with Gasteiger partial charge in [-0.25, -0.2) is 4.79 Å². The van der Waals surface area contributed by atoms with Crippen molar-refractivity contribution in [2.24, 2.45) is 4.99 Å². The second-order valence-corrected chi connectivity index (χ2v) is 5.18. The Morgan fingerprint density at radius 2 is 2.06 bits per heavy atom. The number of hydrogen-bond donors (Lipinski definition) is 0. The van der Waals surface area contributed by atoms with Crippen molar-refractivity contribution in [2.75, 3.05) is 6.61 Å². The van der Waals surface area contributed by atoms with E-state index in [-0.39, 0.29) is 11.5 Å². The molecule has 0 amide bonds. The van der Waals surface area contributed by atoms with E-state index < -0.39 is 0 Å². The highest BCUT2D eigenvalue weighted by Gasteiger charge is 2.30. The maximum Gasteiger partial charge on any atom is 0.357 e. The van der Waals surface area contributed by atoms with Gasteiger partial charge in [-0.15, -0.1) is 0 Å². The zero-order valence-corrected chi connectivity index (χ0v) is 10.7. The zero-order chi connectivity index (χ0) is 11.8. The van der Waals surface area contributed by atoms with E-state index >= 15 is 0 Å². The van der Waals surface area contributed by atoms with Gasteiger partial charge in [-0.2, -0.15) is 0 Å². The SMILES string of the molecule is CC1(C)COC(=O)C(c2ccccc2Br)=N1. The maximum absolute atomic E-state index is 11.7. The van der Waals surface area contributed by atoms with Crippen LogP contribution in [0.15, 0.2) is 33.7 Å². The number of aliphatic imine (C=N–C) groups is 1. The van der Waals surface area contributed by atoms with Crippen molar-refractivity contribution in [3.63, 3.8) is 0 Å². The molecule has 84 valence electrons. The lowest BCUT2D eigenvalue weighted by Gasteiger charge is -2.26. The van der Waals surface area contributed by atoms with Gasteiger partial charge in [0.15, 0.2) is 5.71 Å². The van der Waals surface area contributed by atoms with E-state index in [0.29, 0.717) is 12.3 Å². The van der Waals surface area contributed by atoms with Crippen molar-refractivity contribution in [3.8, 4) is 0 Å². The molecule has 0 N–H and O–H groups in total. The minimum atomic E-state index is -0.355. The summed E-state index contributed by atoms with van der Waals surface area (Å²) in [6.45, 7) is 4.21. The van der Waals surface area contributed by atoms with Crippen LogP contribution in [0.2, 0.25) is 0 Å². The molecule has 0 radical (unpaired) electrons. The van der Waals surface area contributed by atoms with Crippen molar-refractivity contribution < 1.29 is 9.53 Å². The highest BCUT2D eigenvalue weighted by Crippen LogP contribution is 2.23. The number of nitrogens with zero attached hydrogens (tertiary/aromatic N) is 1. The number of hydrogen-bond acceptors (Lipinski definition) is 3. The molecular weight excluding hydrogens is 270 g/mol. The summed E-state index contributed by atoms with van der Waals surface area (Å²) in [5, 5.41) is 0. The summed E-state index contributed by atoms with van der Waals surface area (Å²) in [5.41, 5.74) is 0.822. The summed E-state index contributed by atoms with van der Waals surface area (Å²) in [6, 6.07) is 7.50. The van der Waals surface area contributed by atoms with E-state index in [1.54, 1.807) is 0 Å². The molecule has 1 aromatic carbocycles. The lowest BCUT2D eigenvalue weighted by molar-refractivity contribution is -0.138. The van der Waals surface area contributed by atoms with Crippen molar-refractivity contribution in [1.82, 2.24) is 0 Å². The first kappa shape index (κ1) is 11.3. The maximum atomic E-state index is 11.7. The van der Waals surface area contributed by atoms with E-state index in [9.17, 15) is 4.79 Å². The molecule has 1 aliphatic heterocycles. The molecule has 0 aliphatic carbocycles.